The molecule has 0 bridgehead atoms. The smallest absolute Gasteiger partial charge is 0.339 e. The second-order valence-corrected chi connectivity index (χ2v) is 8.18. The van der Waals surface area contributed by atoms with E-state index < -0.39 is 10.1 Å². The molecule has 0 N–H and O–H groups in total. The number of rotatable bonds is 3. The first-order valence-corrected chi connectivity index (χ1v) is 9.06. The molecule has 1 aromatic heterocycles. The van der Waals surface area contributed by atoms with Crippen LogP contribution in [-0.2, 0) is 15.5 Å². The Bertz CT molecular complexity index is 966. The summed E-state index contributed by atoms with van der Waals surface area (Å²) in [4.78, 5) is 4.16. The second kappa shape index (κ2) is 5.91. The average molecular weight is 341 g/mol. The van der Waals surface area contributed by atoms with Crippen molar-refractivity contribution in [2.24, 2.45) is 0 Å². The van der Waals surface area contributed by atoms with Crippen molar-refractivity contribution < 1.29 is 12.6 Å². The lowest BCUT2D eigenvalue weighted by atomic mass is 9.87. The summed E-state index contributed by atoms with van der Waals surface area (Å²) in [5, 5.41) is 1.35. The van der Waals surface area contributed by atoms with Gasteiger partial charge >= 0.3 is 10.1 Å². The molecule has 4 nitrogen and oxygen atoms in total. The number of benzene rings is 2. The SMILES string of the molecule is CC(C)(C)c1ccc(OS(=O)(=O)c2cccc3cnccc23)cc1. The Hall–Kier alpha value is -2.40. The summed E-state index contributed by atoms with van der Waals surface area (Å²) >= 11 is 0. The Labute approximate surface area is 142 Å². The zero-order valence-electron chi connectivity index (χ0n) is 13.9. The summed E-state index contributed by atoms with van der Waals surface area (Å²) in [6, 6.07) is 13.9. The van der Waals surface area contributed by atoms with Crippen molar-refractivity contribution in [1.82, 2.24) is 4.98 Å². The number of hydrogen-bond acceptors (Lipinski definition) is 4. The number of nitrogens with zero attached hydrogens (tertiary/aromatic N) is 1. The van der Waals surface area contributed by atoms with Crippen LogP contribution >= 0.6 is 0 Å². The Morgan fingerprint density at radius 2 is 1.67 bits per heavy atom. The highest BCUT2D eigenvalue weighted by Gasteiger charge is 2.20. The van der Waals surface area contributed by atoms with Crippen LogP contribution in [0.5, 0.6) is 5.75 Å². The fraction of sp³-hybridized carbons (Fsp3) is 0.211. The first-order valence-electron chi connectivity index (χ1n) is 7.65. The predicted octanol–water partition coefficient (Wildman–Crippen LogP) is 4.30. The predicted molar refractivity (Wildman–Crippen MR) is 94.7 cm³/mol. The minimum atomic E-state index is -3.92. The van der Waals surface area contributed by atoms with Crippen LogP contribution in [0.2, 0.25) is 0 Å². The zero-order chi connectivity index (χ0) is 17.4. The molecule has 5 heteroatoms. The molecule has 0 saturated heterocycles. The second-order valence-electron chi connectivity index (χ2n) is 6.66. The van der Waals surface area contributed by atoms with Gasteiger partial charge in [-0.3, -0.25) is 4.98 Å². The quantitative estimate of drug-likeness (QED) is 0.667. The molecule has 0 spiro atoms. The van der Waals surface area contributed by atoms with Gasteiger partial charge in [0.1, 0.15) is 10.6 Å². The number of fused-ring (bicyclic) bond motifs is 1. The molecule has 0 aliphatic heterocycles. The highest BCUT2D eigenvalue weighted by atomic mass is 32.2. The van der Waals surface area contributed by atoms with Crippen LogP contribution in [-0.4, -0.2) is 13.4 Å². The highest BCUT2D eigenvalue weighted by Crippen LogP contribution is 2.28. The molecule has 0 fully saturated rings. The normalized spacial score (nSPS) is 12.3. The van der Waals surface area contributed by atoms with Gasteiger partial charge in [0, 0.05) is 23.2 Å². The van der Waals surface area contributed by atoms with E-state index in [1.807, 2.05) is 18.2 Å². The topological polar surface area (TPSA) is 56.3 Å². The Kier molecular flexibility index (Phi) is 4.05. The van der Waals surface area contributed by atoms with E-state index in [1.165, 1.54) is 0 Å². The van der Waals surface area contributed by atoms with E-state index in [0.717, 1.165) is 10.9 Å². The molecular weight excluding hydrogens is 322 g/mol. The van der Waals surface area contributed by atoms with Crippen LogP contribution in [0.15, 0.2) is 65.8 Å². The molecule has 3 rings (SSSR count). The standard InChI is InChI=1S/C19H19NO3S/c1-19(2,3)15-7-9-16(10-8-15)23-24(21,22)18-6-4-5-14-13-20-12-11-17(14)18/h4-13H,1-3H3. The van der Waals surface area contributed by atoms with E-state index in [0.29, 0.717) is 11.1 Å². The third kappa shape index (κ3) is 3.26. The molecule has 0 unspecified atom stereocenters. The summed E-state index contributed by atoms with van der Waals surface area (Å²) in [6.07, 6.45) is 3.20. The maximum Gasteiger partial charge on any atom is 0.339 e. The van der Waals surface area contributed by atoms with Gasteiger partial charge in [-0.1, -0.05) is 45.0 Å². The molecule has 24 heavy (non-hydrogen) atoms. The van der Waals surface area contributed by atoms with Gasteiger partial charge in [0.15, 0.2) is 0 Å². The highest BCUT2D eigenvalue weighted by molar-refractivity contribution is 7.87. The van der Waals surface area contributed by atoms with Gasteiger partial charge in [-0.15, -0.1) is 0 Å². The lowest BCUT2D eigenvalue weighted by Gasteiger charge is -2.19. The van der Waals surface area contributed by atoms with Crippen LogP contribution in [0.25, 0.3) is 10.8 Å². The van der Waals surface area contributed by atoms with Gasteiger partial charge in [0.25, 0.3) is 0 Å². The minimum Gasteiger partial charge on any atom is -0.379 e. The zero-order valence-corrected chi connectivity index (χ0v) is 14.7. The first-order chi connectivity index (χ1) is 11.3. The van der Waals surface area contributed by atoms with Gasteiger partial charge in [0.05, 0.1) is 0 Å². The molecule has 124 valence electrons. The van der Waals surface area contributed by atoms with Gasteiger partial charge in [-0.05, 0) is 35.2 Å². The molecule has 0 atom stereocenters. The Balaban J connectivity index is 1.96. The van der Waals surface area contributed by atoms with Crippen LogP contribution < -0.4 is 4.18 Å². The van der Waals surface area contributed by atoms with Crippen molar-refractivity contribution in [3.8, 4) is 5.75 Å². The van der Waals surface area contributed by atoms with Crippen LogP contribution in [0.4, 0.5) is 0 Å². The first kappa shape index (κ1) is 16.5. The summed E-state index contributed by atoms with van der Waals surface area (Å²) in [6.45, 7) is 6.30. The van der Waals surface area contributed by atoms with Crippen molar-refractivity contribution in [3.05, 3.63) is 66.5 Å². The Morgan fingerprint density at radius 1 is 0.958 bits per heavy atom. The van der Waals surface area contributed by atoms with Crippen LogP contribution in [0.1, 0.15) is 26.3 Å². The molecule has 0 saturated carbocycles. The summed E-state index contributed by atoms with van der Waals surface area (Å²) in [5.41, 5.74) is 1.11. The number of hydrogen-bond donors (Lipinski definition) is 0. The average Bonchev–Trinajstić information content (AvgIpc) is 2.53. The van der Waals surface area contributed by atoms with E-state index >= 15 is 0 Å². The maximum absolute atomic E-state index is 12.7. The van der Waals surface area contributed by atoms with Gasteiger partial charge in [-0.25, -0.2) is 0 Å². The van der Waals surface area contributed by atoms with Gasteiger partial charge < -0.3 is 4.18 Å². The fourth-order valence-electron chi connectivity index (χ4n) is 2.49. The van der Waals surface area contributed by atoms with E-state index in [1.54, 1.807) is 42.7 Å². The lowest BCUT2D eigenvalue weighted by molar-refractivity contribution is 0.486. The summed E-state index contributed by atoms with van der Waals surface area (Å²) in [7, 11) is -3.92. The molecule has 0 aliphatic rings. The van der Waals surface area contributed by atoms with E-state index in [-0.39, 0.29) is 10.3 Å². The summed E-state index contributed by atoms with van der Waals surface area (Å²) < 4.78 is 30.6. The van der Waals surface area contributed by atoms with Crippen molar-refractivity contribution in [2.45, 2.75) is 31.1 Å². The van der Waals surface area contributed by atoms with E-state index in [4.69, 9.17) is 4.18 Å². The minimum absolute atomic E-state index is 0.0000370. The Morgan fingerprint density at radius 3 is 2.33 bits per heavy atom. The molecular formula is C19H19NO3S. The van der Waals surface area contributed by atoms with Crippen molar-refractivity contribution in [1.29, 1.82) is 0 Å². The van der Waals surface area contributed by atoms with Crippen molar-refractivity contribution >= 4 is 20.9 Å². The lowest BCUT2D eigenvalue weighted by Crippen LogP contribution is -2.12. The number of aromatic nitrogens is 1. The summed E-state index contributed by atoms with van der Waals surface area (Å²) in [5.74, 6) is 0.300. The van der Waals surface area contributed by atoms with Gasteiger partial charge in [0.2, 0.25) is 0 Å². The molecule has 0 aliphatic carbocycles. The fourth-order valence-corrected chi connectivity index (χ4v) is 3.65. The van der Waals surface area contributed by atoms with Crippen molar-refractivity contribution in [2.75, 3.05) is 0 Å². The van der Waals surface area contributed by atoms with E-state index in [2.05, 4.69) is 25.8 Å². The maximum atomic E-state index is 12.7. The molecule has 3 aromatic rings. The molecule has 0 radical (unpaired) electrons. The third-order valence-corrected chi connectivity index (χ3v) is 5.14. The van der Waals surface area contributed by atoms with Crippen molar-refractivity contribution in [3.63, 3.8) is 0 Å². The molecule has 2 aromatic carbocycles. The van der Waals surface area contributed by atoms with E-state index in [9.17, 15) is 8.42 Å². The monoisotopic (exact) mass is 341 g/mol. The largest absolute Gasteiger partial charge is 0.379 e. The molecule has 1 heterocycles. The van der Waals surface area contributed by atoms with Gasteiger partial charge in [-0.2, -0.15) is 8.42 Å². The van der Waals surface area contributed by atoms with Crippen LogP contribution in [0, 0.1) is 0 Å². The molecule has 0 amide bonds. The number of pyridine rings is 1. The third-order valence-electron chi connectivity index (χ3n) is 3.84. The van der Waals surface area contributed by atoms with Crippen LogP contribution in [0.3, 0.4) is 0 Å².